The third kappa shape index (κ3) is 5.85. The third-order valence-corrected chi connectivity index (χ3v) is 7.36. The summed E-state index contributed by atoms with van der Waals surface area (Å²) >= 11 is 0. The first-order valence-electron chi connectivity index (χ1n) is 13.1. The van der Waals surface area contributed by atoms with Crippen LogP contribution in [-0.4, -0.2) is 40.0 Å². The molecule has 0 bridgehead atoms. The molecule has 0 spiro atoms. The Bertz CT molecular complexity index is 1580. The minimum Gasteiger partial charge on any atom is -0.364 e. The van der Waals surface area contributed by atoms with Crippen LogP contribution in [0.2, 0.25) is 0 Å². The zero-order valence-electron chi connectivity index (χ0n) is 22.1. The summed E-state index contributed by atoms with van der Waals surface area (Å²) in [5.74, 6) is 0.0629. The van der Waals surface area contributed by atoms with Gasteiger partial charge in [0, 0.05) is 50.2 Å². The fourth-order valence-corrected chi connectivity index (χ4v) is 5.41. The lowest BCUT2D eigenvalue weighted by molar-refractivity contribution is 0.0753. The van der Waals surface area contributed by atoms with Crippen LogP contribution in [0.15, 0.2) is 104 Å². The summed E-state index contributed by atoms with van der Waals surface area (Å²) in [4.78, 5) is 22.7. The SMILES string of the molecule is Cl.Cl.NCCn1cncc1CN1CCN(C(=O)c2cccc3ccccc23)Cc2cc(-c3ccccc3)ccc21. The van der Waals surface area contributed by atoms with Gasteiger partial charge in [-0.1, -0.05) is 72.8 Å². The van der Waals surface area contributed by atoms with Gasteiger partial charge in [0.1, 0.15) is 0 Å². The molecule has 2 N–H and O–H groups in total. The average Bonchev–Trinajstić information content (AvgIpc) is 3.32. The zero-order valence-corrected chi connectivity index (χ0v) is 23.8. The molecule has 0 saturated carbocycles. The van der Waals surface area contributed by atoms with Crippen molar-refractivity contribution in [1.82, 2.24) is 14.5 Å². The molecule has 0 radical (unpaired) electrons. The Labute approximate surface area is 247 Å². The highest BCUT2D eigenvalue weighted by Gasteiger charge is 2.26. The summed E-state index contributed by atoms with van der Waals surface area (Å²) in [7, 11) is 0. The van der Waals surface area contributed by atoms with Crippen LogP contribution in [0.25, 0.3) is 21.9 Å². The van der Waals surface area contributed by atoms with Gasteiger partial charge in [-0.05, 0) is 45.7 Å². The lowest BCUT2D eigenvalue weighted by atomic mass is 10.0. The van der Waals surface area contributed by atoms with Crippen LogP contribution in [0.5, 0.6) is 0 Å². The molecule has 206 valence electrons. The van der Waals surface area contributed by atoms with E-state index in [-0.39, 0.29) is 30.7 Å². The second-order valence-electron chi connectivity index (χ2n) is 9.75. The van der Waals surface area contributed by atoms with Crippen molar-refractivity contribution >= 4 is 47.2 Å². The molecule has 1 aliphatic heterocycles. The molecular weight excluding hydrogens is 541 g/mol. The van der Waals surface area contributed by atoms with Crippen molar-refractivity contribution in [2.45, 2.75) is 19.6 Å². The molecule has 1 amide bonds. The molecule has 6 rings (SSSR count). The van der Waals surface area contributed by atoms with Gasteiger partial charge in [-0.15, -0.1) is 24.8 Å². The fraction of sp³-hybridized carbons (Fsp3) is 0.188. The van der Waals surface area contributed by atoms with E-state index in [2.05, 4.69) is 69.0 Å². The quantitative estimate of drug-likeness (QED) is 0.264. The van der Waals surface area contributed by atoms with Gasteiger partial charge >= 0.3 is 0 Å². The van der Waals surface area contributed by atoms with Crippen molar-refractivity contribution in [3.05, 3.63) is 120 Å². The highest BCUT2D eigenvalue weighted by Crippen LogP contribution is 2.32. The van der Waals surface area contributed by atoms with Crippen LogP contribution in [0.4, 0.5) is 5.69 Å². The normalized spacial score (nSPS) is 12.7. The molecular formula is C32H33Cl2N5O. The first kappa shape index (κ1) is 29.2. The Morgan fingerprint density at radius 1 is 0.850 bits per heavy atom. The number of imidazole rings is 1. The number of hydrogen-bond acceptors (Lipinski definition) is 4. The van der Waals surface area contributed by atoms with Crippen LogP contribution in [-0.2, 0) is 19.6 Å². The number of aromatic nitrogens is 2. The molecule has 0 saturated heterocycles. The number of carbonyl (C=O) groups is 1. The van der Waals surface area contributed by atoms with Crippen LogP contribution in [0.1, 0.15) is 21.6 Å². The number of amides is 1. The van der Waals surface area contributed by atoms with E-state index in [1.54, 1.807) is 0 Å². The van der Waals surface area contributed by atoms with E-state index in [1.807, 2.05) is 53.8 Å². The second kappa shape index (κ2) is 13.0. The number of nitrogens with zero attached hydrogens (tertiary/aromatic N) is 4. The second-order valence-corrected chi connectivity index (χ2v) is 9.75. The summed E-state index contributed by atoms with van der Waals surface area (Å²) in [5.41, 5.74) is 12.3. The highest BCUT2D eigenvalue weighted by atomic mass is 35.5. The molecule has 0 fully saturated rings. The topological polar surface area (TPSA) is 67.4 Å². The number of halogens is 2. The number of nitrogens with two attached hydrogens (primary N) is 1. The van der Waals surface area contributed by atoms with E-state index in [9.17, 15) is 4.79 Å². The number of benzene rings is 4. The molecule has 0 atom stereocenters. The van der Waals surface area contributed by atoms with E-state index in [0.717, 1.165) is 51.9 Å². The van der Waals surface area contributed by atoms with E-state index in [0.29, 0.717) is 26.2 Å². The first-order valence-corrected chi connectivity index (χ1v) is 13.1. The van der Waals surface area contributed by atoms with Gasteiger partial charge < -0.3 is 20.1 Å². The van der Waals surface area contributed by atoms with E-state index < -0.39 is 0 Å². The minimum atomic E-state index is 0. The molecule has 1 aromatic heterocycles. The molecule has 6 nitrogen and oxygen atoms in total. The lowest BCUT2D eigenvalue weighted by Gasteiger charge is -2.25. The predicted molar refractivity (Wildman–Crippen MR) is 167 cm³/mol. The van der Waals surface area contributed by atoms with Crippen molar-refractivity contribution < 1.29 is 4.79 Å². The predicted octanol–water partition coefficient (Wildman–Crippen LogP) is 6.17. The molecule has 8 heteroatoms. The van der Waals surface area contributed by atoms with Gasteiger partial charge in [0.15, 0.2) is 0 Å². The molecule has 2 heterocycles. The molecule has 5 aromatic rings. The first-order chi connectivity index (χ1) is 18.7. The highest BCUT2D eigenvalue weighted by molar-refractivity contribution is 6.07. The Kier molecular flexibility index (Phi) is 9.48. The van der Waals surface area contributed by atoms with Gasteiger partial charge in [0.2, 0.25) is 0 Å². The van der Waals surface area contributed by atoms with Crippen molar-refractivity contribution in [2.24, 2.45) is 5.73 Å². The van der Waals surface area contributed by atoms with E-state index >= 15 is 0 Å². The summed E-state index contributed by atoms with van der Waals surface area (Å²) in [6.45, 7) is 3.90. The smallest absolute Gasteiger partial charge is 0.254 e. The van der Waals surface area contributed by atoms with Gasteiger partial charge in [0.25, 0.3) is 5.91 Å². The number of hydrogen-bond donors (Lipinski definition) is 1. The average molecular weight is 575 g/mol. The molecule has 40 heavy (non-hydrogen) atoms. The number of carbonyl (C=O) groups excluding carboxylic acids is 1. The third-order valence-electron chi connectivity index (χ3n) is 7.36. The van der Waals surface area contributed by atoms with E-state index in [1.165, 1.54) is 5.56 Å². The summed E-state index contributed by atoms with van der Waals surface area (Å²) in [6, 6.07) is 31.1. The molecule has 0 aliphatic carbocycles. The van der Waals surface area contributed by atoms with E-state index in [4.69, 9.17) is 5.73 Å². The number of anilines is 1. The monoisotopic (exact) mass is 573 g/mol. The van der Waals surface area contributed by atoms with Gasteiger partial charge in [-0.2, -0.15) is 0 Å². The maximum absolute atomic E-state index is 14.0. The number of rotatable bonds is 6. The van der Waals surface area contributed by atoms with Crippen molar-refractivity contribution in [1.29, 1.82) is 0 Å². The fourth-order valence-electron chi connectivity index (χ4n) is 5.41. The standard InChI is InChI=1S/C32H31N5O.2ClH/c33-15-16-37-23-34-20-28(37)22-35-17-18-36(32(38)30-12-6-10-25-9-4-5-11-29(25)30)21-27-19-26(13-14-31(27)35)24-7-2-1-3-8-24;;/h1-14,19-20,23H,15-18,21-22,33H2;2*1H. The zero-order chi connectivity index (χ0) is 25.9. The molecule has 4 aromatic carbocycles. The minimum absolute atomic E-state index is 0. The summed E-state index contributed by atoms with van der Waals surface area (Å²) < 4.78 is 2.11. The number of fused-ring (bicyclic) bond motifs is 2. The van der Waals surface area contributed by atoms with Gasteiger partial charge in [-0.3, -0.25) is 4.79 Å². The van der Waals surface area contributed by atoms with Crippen LogP contribution in [0.3, 0.4) is 0 Å². The van der Waals surface area contributed by atoms with Gasteiger partial charge in [-0.25, -0.2) is 4.98 Å². The van der Waals surface area contributed by atoms with Crippen LogP contribution < -0.4 is 10.6 Å². The maximum atomic E-state index is 14.0. The summed E-state index contributed by atoms with van der Waals surface area (Å²) in [6.07, 6.45) is 3.76. The Balaban J connectivity index is 0.00000185. The van der Waals surface area contributed by atoms with Gasteiger partial charge in [0.05, 0.1) is 18.6 Å². The largest absolute Gasteiger partial charge is 0.364 e. The van der Waals surface area contributed by atoms with Crippen LogP contribution >= 0.6 is 24.8 Å². The summed E-state index contributed by atoms with van der Waals surface area (Å²) in [5, 5.41) is 2.07. The maximum Gasteiger partial charge on any atom is 0.254 e. The lowest BCUT2D eigenvalue weighted by Crippen LogP contribution is -2.35. The van der Waals surface area contributed by atoms with Crippen molar-refractivity contribution in [2.75, 3.05) is 24.5 Å². The molecule has 0 unspecified atom stereocenters. The van der Waals surface area contributed by atoms with Crippen LogP contribution in [0, 0.1) is 0 Å². The Morgan fingerprint density at radius 3 is 2.45 bits per heavy atom. The van der Waals surface area contributed by atoms with Crippen molar-refractivity contribution in [3.8, 4) is 11.1 Å². The Hall–Kier alpha value is -3.84. The molecule has 1 aliphatic rings. The Morgan fingerprint density at radius 2 is 1.62 bits per heavy atom. The van der Waals surface area contributed by atoms with Crippen molar-refractivity contribution in [3.63, 3.8) is 0 Å².